The minimum atomic E-state index is 0.973. The number of hydrogen-bond acceptors (Lipinski definition) is 1. The molecule has 0 radical (unpaired) electrons. The predicted molar refractivity (Wildman–Crippen MR) is 207 cm³/mol. The fourth-order valence-corrected chi connectivity index (χ4v) is 8.14. The zero-order valence-electron chi connectivity index (χ0n) is 26.9. The molecule has 226 valence electrons. The van der Waals surface area contributed by atoms with Crippen LogP contribution in [-0.4, -0.2) is 0 Å². The molecule has 0 saturated heterocycles. The second-order valence-corrected chi connectivity index (χ2v) is 13.3. The van der Waals surface area contributed by atoms with E-state index in [1.807, 2.05) is 0 Å². The van der Waals surface area contributed by atoms with Crippen molar-refractivity contribution in [2.75, 3.05) is 4.90 Å². The van der Waals surface area contributed by atoms with Gasteiger partial charge >= 0.3 is 0 Å². The quantitative estimate of drug-likeness (QED) is 0.175. The molecule has 0 heterocycles. The summed E-state index contributed by atoms with van der Waals surface area (Å²) in [5, 5.41) is 10.7. The van der Waals surface area contributed by atoms with Gasteiger partial charge < -0.3 is 4.90 Å². The van der Waals surface area contributed by atoms with Gasteiger partial charge in [0, 0.05) is 16.8 Å². The Morgan fingerprint density at radius 1 is 0.542 bits per heavy atom. The van der Waals surface area contributed by atoms with Gasteiger partial charge in [0.05, 0.1) is 5.69 Å². The van der Waals surface area contributed by atoms with Crippen LogP contribution in [0.25, 0.3) is 60.8 Å². The zero-order chi connectivity index (χ0) is 31.8. The van der Waals surface area contributed by atoms with Crippen LogP contribution in [0.1, 0.15) is 33.4 Å². The Kier molecular flexibility index (Phi) is 5.98. The van der Waals surface area contributed by atoms with E-state index in [1.165, 1.54) is 87.7 Å². The van der Waals surface area contributed by atoms with E-state index in [4.69, 9.17) is 0 Å². The summed E-state index contributed by atoms with van der Waals surface area (Å²) in [6.45, 7) is 2.15. The topological polar surface area (TPSA) is 3.24 Å². The summed E-state index contributed by atoms with van der Waals surface area (Å²) in [7, 11) is 0. The lowest BCUT2D eigenvalue weighted by Crippen LogP contribution is -2.10. The first-order valence-corrected chi connectivity index (χ1v) is 17.0. The summed E-state index contributed by atoms with van der Waals surface area (Å²) in [5.41, 5.74) is 12.8. The average Bonchev–Trinajstić information content (AvgIpc) is 3.14. The van der Waals surface area contributed by atoms with Crippen molar-refractivity contribution in [1.29, 1.82) is 0 Å². The van der Waals surface area contributed by atoms with Crippen LogP contribution in [0.15, 0.2) is 146 Å². The summed E-state index contributed by atoms with van der Waals surface area (Å²) in [4.78, 5) is 2.41. The number of benzene rings is 8. The molecule has 0 fully saturated rings. The van der Waals surface area contributed by atoms with Crippen LogP contribution in [0.3, 0.4) is 0 Å². The van der Waals surface area contributed by atoms with Gasteiger partial charge in [-0.2, -0.15) is 0 Å². The molecular formula is C47H33N. The van der Waals surface area contributed by atoms with Gasteiger partial charge in [0.2, 0.25) is 0 Å². The molecule has 0 bridgehead atoms. The van der Waals surface area contributed by atoms with Crippen molar-refractivity contribution in [3.8, 4) is 0 Å². The third kappa shape index (κ3) is 4.18. The average molecular weight is 612 g/mol. The fraction of sp³-hybridized carbons (Fsp3) is 0.0638. The van der Waals surface area contributed by atoms with Gasteiger partial charge in [-0.05, 0) is 121 Å². The summed E-state index contributed by atoms with van der Waals surface area (Å²) in [6, 6.07) is 47.4. The normalized spacial score (nSPS) is 13.7. The first-order valence-electron chi connectivity index (χ1n) is 17.0. The van der Waals surface area contributed by atoms with Gasteiger partial charge in [-0.1, -0.05) is 133 Å². The number of rotatable bonds is 5. The van der Waals surface area contributed by atoms with E-state index in [1.54, 1.807) is 0 Å². The van der Waals surface area contributed by atoms with Gasteiger partial charge in [-0.15, -0.1) is 0 Å². The molecule has 0 unspecified atom stereocenters. The summed E-state index contributed by atoms with van der Waals surface area (Å²) in [5.74, 6) is 0. The highest BCUT2D eigenvalue weighted by Gasteiger charge is 2.20. The molecule has 0 atom stereocenters. The molecule has 1 nitrogen and oxygen atoms in total. The Balaban J connectivity index is 1.05. The molecule has 0 aromatic heterocycles. The molecule has 0 spiro atoms. The maximum atomic E-state index is 2.41. The highest BCUT2D eigenvalue weighted by Crippen LogP contribution is 2.44. The molecule has 1 heteroatoms. The molecule has 8 aromatic carbocycles. The van der Waals surface area contributed by atoms with Crippen LogP contribution in [0.4, 0.5) is 17.1 Å². The minimum Gasteiger partial charge on any atom is -0.310 e. The largest absolute Gasteiger partial charge is 0.310 e. The smallest absolute Gasteiger partial charge is 0.0540 e. The summed E-state index contributed by atoms with van der Waals surface area (Å²) in [6.07, 6.45) is 13.5. The van der Waals surface area contributed by atoms with Crippen LogP contribution < -0.4 is 4.90 Å². The molecule has 2 aliphatic carbocycles. The van der Waals surface area contributed by atoms with Crippen molar-refractivity contribution < 1.29 is 0 Å². The SMILES string of the molecule is Cc1ccc(N(c2ccc(C=CC3=CCc4ccc5c6c(ccc3c46)C=CC5)cc2)c2ccc3ccc4cccc5ccc2c3c45)cc1. The maximum absolute atomic E-state index is 2.41. The standard InChI is InChI=1S/C47H33N/c1-30-8-23-39(24-9-30)48(43-29-22-38-19-17-34-5-3-7-36-21-28-42(43)47(38)45(34)36)40-25-11-31(12-26-40)10-13-32-14-15-37-18-16-33-4-2-6-35-20-27-41(32)46(37)44(33)35/h2-3,5-14,16-29H,4,15H2,1H3. The number of hydrogen-bond donors (Lipinski definition) is 0. The fourth-order valence-electron chi connectivity index (χ4n) is 8.14. The number of anilines is 3. The Hall–Kier alpha value is -5.92. The molecule has 2 aliphatic rings. The molecule has 0 aliphatic heterocycles. The molecule has 48 heavy (non-hydrogen) atoms. The van der Waals surface area contributed by atoms with E-state index in [9.17, 15) is 0 Å². The van der Waals surface area contributed by atoms with Crippen LogP contribution in [0.5, 0.6) is 0 Å². The Bertz CT molecular complexity index is 2630. The van der Waals surface area contributed by atoms with E-state index in [0.29, 0.717) is 0 Å². The monoisotopic (exact) mass is 611 g/mol. The molecule has 8 aromatic rings. The highest BCUT2D eigenvalue weighted by atomic mass is 15.1. The van der Waals surface area contributed by atoms with E-state index in [2.05, 4.69) is 170 Å². The van der Waals surface area contributed by atoms with Crippen LogP contribution in [0, 0.1) is 6.92 Å². The minimum absolute atomic E-state index is 0.973. The molecule has 10 rings (SSSR count). The van der Waals surface area contributed by atoms with E-state index < -0.39 is 0 Å². The predicted octanol–water partition coefficient (Wildman–Crippen LogP) is 12.7. The van der Waals surface area contributed by atoms with Crippen molar-refractivity contribution in [1.82, 2.24) is 0 Å². The lowest BCUT2D eigenvalue weighted by molar-refractivity contribution is 1.23. The van der Waals surface area contributed by atoms with Gasteiger partial charge in [-0.3, -0.25) is 0 Å². The van der Waals surface area contributed by atoms with Crippen LogP contribution in [-0.2, 0) is 12.8 Å². The Morgan fingerprint density at radius 2 is 1.23 bits per heavy atom. The highest BCUT2D eigenvalue weighted by molar-refractivity contribution is 6.25. The van der Waals surface area contributed by atoms with Crippen molar-refractivity contribution in [2.45, 2.75) is 19.8 Å². The lowest BCUT2D eigenvalue weighted by Gasteiger charge is -2.28. The Labute approximate surface area is 280 Å². The van der Waals surface area contributed by atoms with Gasteiger partial charge in [0.25, 0.3) is 0 Å². The van der Waals surface area contributed by atoms with Crippen molar-refractivity contribution in [3.05, 3.63) is 179 Å². The van der Waals surface area contributed by atoms with E-state index in [0.717, 1.165) is 24.2 Å². The first-order chi connectivity index (χ1) is 23.7. The van der Waals surface area contributed by atoms with Crippen LogP contribution in [0.2, 0.25) is 0 Å². The van der Waals surface area contributed by atoms with E-state index >= 15 is 0 Å². The van der Waals surface area contributed by atoms with Gasteiger partial charge in [0.1, 0.15) is 0 Å². The van der Waals surface area contributed by atoms with Gasteiger partial charge in [0.15, 0.2) is 0 Å². The van der Waals surface area contributed by atoms with Crippen molar-refractivity contribution in [3.63, 3.8) is 0 Å². The van der Waals surface area contributed by atoms with E-state index in [-0.39, 0.29) is 0 Å². The number of aryl methyl sites for hydroxylation is 1. The zero-order valence-corrected chi connectivity index (χ0v) is 26.9. The second kappa shape index (κ2) is 10.6. The first kappa shape index (κ1) is 27.2. The second-order valence-electron chi connectivity index (χ2n) is 13.3. The van der Waals surface area contributed by atoms with Crippen LogP contribution >= 0.6 is 0 Å². The molecular weight excluding hydrogens is 579 g/mol. The molecule has 0 amide bonds. The summed E-state index contributed by atoms with van der Waals surface area (Å²) < 4.78 is 0. The van der Waals surface area contributed by atoms with Crippen molar-refractivity contribution >= 4 is 77.9 Å². The van der Waals surface area contributed by atoms with Crippen molar-refractivity contribution in [2.24, 2.45) is 0 Å². The third-order valence-electron chi connectivity index (χ3n) is 10.5. The maximum Gasteiger partial charge on any atom is 0.0540 e. The molecule has 0 N–H and O–H groups in total. The van der Waals surface area contributed by atoms with Gasteiger partial charge in [-0.25, -0.2) is 0 Å². The number of nitrogens with zero attached hydrogens (tertiary/aromatic N) is 1. The summed E-state index contributed by atoms with van der Waals surface area (Å²) >= 11 is 0. The Morgan fingerprint density at radius 3 is 2.02 bits per heavy atom. The number of allylic oxidation sites excluding steroid dienone is 4. The third-order valence-corrected chi connectivity index (χ3v) is 10.5. The lowest BCUT2D eigenvalue weighted by atomic mass is 9.82. The molecule has 0 saturated carbocycles.